The number of anilines is 2. The average molecular weight is 388 g/mol. The molecule has 2 aromatic carbocycles. The van der Waals surface area contributed by atoms with Crippen molar-refractivity contribution < 1.29 is 8.78 Å². The Kier molecular flexibility index (Phi) is 4.17. The van der Waals surface area contributed by atoms with Crippen molar-refractivity contribution in [1.82, 2.24) is 0 Å². The van der Waals surface area contributed by atoms with Crippen LogP contribution in [0.25, 0.3) is 0 Å². The lowest BCUT2D eigenvalue weighted by Gasteiger charge is -2.09. The van der Waals surface area contributed by atoms with E-state index < -0.39 is 11.6 Å². The molecule has 0 unspecified atom stereocenters. The second kappa shape index (κ2) is 5.68. The van der Waals surface area contributed by atoms with Crippen LogP contribution in [0.1, 0.15) is 5.56 Å². The first kappa shape index (κ1) is 14.0. The van der Waals surface area contributed by atoms with Crippen molar-refractivity contribution in [3.05, 3.63) is 56.5 Å². The first-order chi connectivity index (χ1) is 8.99. The van der Waals surface area contributed by atoms with Crippen LogP contribution in [-0.4, -0.2) is 0 Å². The normalized spacial score (nSPS) is 10.1. The predicted molar refractivity (Wildman–Crippen MR) is 76.2 cm³/mol. The highest BCUT2D eigenvalue weighted by molar-refractivity contribution is 9.10. The Labute approximate surface area is 125 Å². The van der Waals surface area contributed by atoms with Crippen LogP contribution in [0.4, 0.5) is 20.2 Å². The summed E-state index contributed by atoms with van der Waals surface area (Å²) in [5, 5.41) is 11.7. The number of nitrogens with one attached hydrogen (secondary N) is 1. The zero-order valence-corrected chi connectivity index (χ0v) is 12.5. The Morgan fingerprint density at radius 3 is 2.42 bits per heavy atom. The van der Waals surface area contributed by atoms with Gasteiger partial charge in [0.25, 0.3) is 0 Å². The summed E-state index contributed by atoms with van der Waals surface area (Å²) in [5.74, 6) is -1.38. The molecule has 19 heavy (non-hydrogen) atoms. The summed E-state index contributed by atoms with van der Waals surface area (Å²) in [6, 6.07) is 8.99. The third-order valence-electron chi connectivity index (χ3n) is 2.32. The summed E-state index contributed by atoms with van der Waals surface area (Å²) in [6.45, 7) is 0. The maximum absolute atomic E-state index is 13.6. The van der Waals surface area contributed by atoms with E-state index in [1.54, 1.807) is 18.2 Å². The van der Waals surface area contributed by atoms with E-state index in [2.05, 4.69) is 37.2 Å². The number of nitrogens with zero attached hydrogens (tertiary/aromatic N) is 1. The molecule has 0 saturated heterocycles. The van der Waals surface area contributed by atoms with Gasteiger partial charge < -0.3 is 5.32 Å². The van der Waals surface area contributed by atoms with Gasteiger partial charge in [0.1, 0.15) is 11.6 Å². The molecule has 0 bridgehead atoms. The zero-order chi connectivity index (χ0) is 14.0. The molecule has 0 aliphatic carbocycles. The fraction of sp³-hybridized carbons (Fsp3) is 0. The molecule has 0 spiro atoms. The van der Waals surface area contributed by atoms with Gasteiger partial charge in [0.05, 0.1) is 21.8 Å². The van der Waals surface area contributed by atoms with Gasteiger partial charge in [-0.15, -0.1) is 0 Å². The largest absolute Gasteiger partial charge is 0.353 e. The van der Waals surface area contributed by atoms with Gasteiger partial charge in [-0.25, -0.2) is 8.78 Å². The molecule has 0 aliphatic heterocycles. The van der Waals surface area contributed by atoms with Crippen molar-refractivity contribution in [3.8, 4) is 6.07 Å². The Bertz CT molecular complexity index is 681. The summed E-state index contributed by atoms with van der Waals surface area (Å²) in [6.07, 6.45) is 0. The van der Waals surface area contributed by atoms with Gasteiger partial charge in [0.2, 0.25) is 0 Å². The van der Waals surface area contributed by atoms with Crippen LogP contribution in [0.15, 0.2) is 39.3 Å². The van der Waals surface area contributed by atoms with Gasteiger partial charge in [-0.2, -0.15) is 5.26 Å². The van der Waals surface area contributed by atoms with Crippen LogP contribution in [0.2, 0.25) is 0 Å². The number of hydrogen-bond acceptors (Lipinski definition) is 2. The molecule has 0 aliphatic rings. The highest BCUT2D eigenvalue weighted by Gasteiger charge is 2.09. The second-order valence-electron chi connectivity index (χ2n) is 3.71. The van der Waals surface area contributed by atoms with E-state index in [0.717, 1.165) is 6.07 Å². The number of hydrogen-bond donors (Lipinski definition) is 1. The summed E-state index contributed by atoms with van der Waals surface area (Å²) in [4.78, 5) is 0. The second-order valence-corrected chi connectivity index (χ2v) is 5.48. The fourth-order valence-corrected chi connectivity index (χ4v) is 2.34. The molecular formula is C13H6Br2F2N2. The zero-order valence-electron chi connectivity index (χ0n) is 9.35. The minimum atomic E-state index is -0.709. The summed E-state index contributed by atoms with van der Waals surface area (Å²) in [7, 11) is 0. The lowest BCUT2D eigenvalue weighted by Crippen LogP contribution is -1.96. The minimum Gasteiger partial charge on any atom is -0.353 e. The van der Waals surface area contributed by atoms with E-state index in [1.165, 1.54) is 6.07 Å². The topological polar surface area (TPSA) is 35.8 Å². The molecule has 6 heteroatoms. The molecule has 2 rings (SSSR count). The molecule has 1 N–H and O–H groups in total. The highest BCUT2D eigenvalue weighted by Crippen LogP contribution is 2.28. The van der Waals surface area contributed by atoms with E-state index in [0.29, 0.717) is 15.7 Å². The Balaban J connectivity index is 2.39. The van der Waals surface area contributed by atoms with Gasteiger partial charge in [0, 0.05) is 16.2 Å². The quantitative estimate of drug-likeness (QED) is 0.727. The van der Waals surface area contributed by atoms with Crippen LogP contribution in [0.5, 0.6) is 0 Å². The van der Waals surface area contributed by atoms with E-state index in [4.69, 9.17) is 5.26 Å². The van der Waals surface area contributed by atoms with Crippen LogP contribution >= 0.6 is 31.9 Å². The van der Waals surface area contributed by atoms with Crippen molar-refractivity contribution in [1.29, 1.82) is 5.26 Å². The first-order valence-electron chi connectivity index (χ1n) is 5.12. The molecule has 0 saturated carbocycles. The Morgan fingerprint density at radius 1 is 1.00 bits per heavy atom. The molecular weight excluding hydrogens is 382 g/mol. The third-order valence-corrected chi connectivity index (χ3v) is 3.38. The number of halogens is 4. The summed E-state index contributed by atoms with van der Waals surface area (Å²) >= 11 is 6.25. The maximum atomic E-state index is 13.6. The van der Waals surface area contributed by atoms with Crippen LogP contribution < -0.4 is 5.32 Å². The third kappa shape index (κ3) is 3.31. The minimum absolute atomic E-state index is 0.121. The molecule has 96 valence electrons. The van der Waals surface area contributed by atoms with Gasteiger partial charge in [0.15, 0.2) is 0 Å². The monoisotopic (exact) mass is 386 g/mol. The lowest BCUT2D eigenvalue weighted by molar-refractivity contribution is 0.581. The standard InChI is InChI=1S/C13H6Br2F2N2/c14-8-1-7(6-18)2-9(3-8)19-13-4-10(15)11(16)5-12(13)17/h1-5,19H. The van der Waals surface area contributed by atoms with Gasteiger partial charge >= 0.3 is 0 Å². The van der Waals surface area contributed by atoms with E-state index >= 15 is 0 Å². The summed E-state index contributed by atoms with van der Waals surface area (Å²) in [5.41, 5.74) is 1.08. The predicted octanol–water partition coefficient (Wildman–Crippen LogP) is 5.11. The van der Waals surface area contributed by atoms with Crippen LogP contribution in [0, 0.1) is 23.0 Å². The first-order valence-corrected chi connectivity index (χ1v) is 6.70. The van der Waals surface area contributed by atoms with Crippen molar-refractivity contribution in [2.24, 2.45) is 0 Å². The Morgan fingerprint density at radius 2 is 1.74 bits per heavy atom. The molecule has 0 fully saturated rings. The van der Waals surface area contributed by atoms with Crippen molar-refractivity contribution in [3.63, 3.8) is 0 Å². The molecule has 0 amide bonds. The fourth-order valence-electron chi connectivity index (χ4n) is 1.50. The molecule has 2 aromatic rings. The van der Waals surface area contributed by atoms with Gasteiger partial charge in [-0.1, -0.05) is 15.9 Å². The molecule has 2 nitrogen and oxygen atoms in total. The molecule has 0 radical (unpaired) electrons. The number of rotatable bonds is 2. The van der Waals surface area contributed by atoms with E-state index in [1.807, 2.05) is 6.07 Å². The average Bonchev–Trinajstić information content (AvgIpc) is 2.35. The van der Waals surface area contributed by atoms with Gasteiger partial charge in [-0.3, -0.25) is 0 Å². The number of nitriles is 1. The number of benzene rings is 2. The summed E-state index contributed by atoms with van der Waals surface area (Å²) < 4.78 is 27.6. The van der Waals surface area contributed by atoms with Crippen molar-refractivity contribution in [2.45, 2.75) is 0 Å². The molecule has 0 aromatic heterocycles. The molecule has 0 heterocycles. The van der Waals surface area contributed by atoms with Crippen LogP contribution in [0.3, 0.4) is 0 Å². The SMILES string of the molecule is N#Cc1cc(Br)cc(Nc2cc(Br)c(F)cc2F)c1. The van der Waals surface area contributed by atoms with Crippen molar-refractivity contribution >= 4 is 43.2 Å². The van der Waals surface area contributed by atoms with E-state index in [-0.39, 0.29) is 10.2 Å². The van der Waals surface area contributed by atoms with E-state index in [9.17, 15) is 8.78 Å². The smallest absolute Gasteiger partial charge is 0.149 e. The Hall–Kier alpha value is -1.45. The molecule has 0 atom stereocenters. The maximum Gasteiger partial charge on any atom is 0.149 e. The highest BCUT2D eigenvalue weighted by atomic mass is 79.9. The van der Waals surface area contributed by atoms with Crippen molar-refractivity contribution in [2.75, 3.05) is 5.32 Å². The lowest BCUT2D eigenvalue weighted by atomic mass is 10.2. The van der Waals surface area contributed by atoms with Crippen LogP contribution in [-0.2, 0) is 0 Å². The van der Waals surface area contributed by atoms with Gasteiger partial charge in [-0.05, 0) is 40.2 Å².